The third-order valence-electron chi connectivity index (χ3n) is 5.23. The highest BCUT2D eigenvalue weighted by molar-refractivity contribution is 5.09. The second-order valence-electron chi connectivity index (χ2n) is 6.28. The highest BCUT2D eigenvalue weighted by atomic mass is 16.5. The first kappa shape index (κ1) is 14.1. The fourth-order valence-corrected chi connectivity index (χ4v) is 4.13. The van der Waals surface area contributed by atoms with Crippen molar-refractivity contribution in [3.8, 4) is 0 Å². The van der Waals surface area contributed by atoms with Crippen LogP contribution in [0.25, 0.3) is 0 Å². The Morgan fingerprint density at radius 1 is 1.40 bits per heavy atom. The molecule has 1 aromatic rings. The molecule has 0 radical (unpaired) electrons. The fourth-order valence-electron chi connectivity index (χ4n) is 4.13. The van der Waals surface area contributed by atoms with Gasteiger partial charge in [0.15, 0.2) is 0 Å². The van der Waals surface area contributed by atoms with E-state index in [4.69, 9.17) is 4.74 Å². The highest BCUT2D eigenvalue weighted by Crippen LogP contribution is 2.54. The van der Waals surface area contributed by atoms with Crippen LogP contribution in [0.15, 0.2) is 18.7 Å². The lowest BCUT2D eigenvalue weighted by atomic mass is 9.60. The zero-order chi connectivity index (χ0) is 13.8. The van der Waals surface area contributed by atoms with Crippen molar-refractivity contribution in [1.82, 2.24) is 14.9 Å². The summed E-state index contributed by atoms with van der Waals surface area (Å²) in [6.45, 7) is 5.14. The van der Waals surface area contributed by atoms with Crippen molar-refractivity contribution in [3.63, 3.8) is 0 Å². The van der Waals surface area contributed by atoms with Crippen LogP contribution in [0.2, 0.25) is 0 Å². The summed E-state index contributed by atoms with van der Waals surface area (Å²) in [7, 11) is 0. The number of aryl methyl sites for hydroxylation is 1. The van der Waals surface area contributed by atoms with Gasteiger partial charge in [0.05, 0.1) is 12.4 Å². The smallest absolute Gasteiger partial charge is 0.0945 e. The summed E-state index contributed by atoms with van der Waals surface area (Å²) >= 11 is 0. The van der Waals surface area contributed by atoms with Gasteiger partial charge in [0.25, 0.3) is 0 Å². The molecule has 1 spiro atoms. The summed E-state index contributed by atoms with van der Waals surface area (Å²) in [6.07, 6.45) is 14.2. The van der Waals surface area contributed by atoms with E-state index in [1.54, 1.807) is 0 Å². The van der Waals surface area contributed by atoms with Crippen molar-refractivity contribution >= 4 is 0 Å². The van der Waals surface area contributed by atoms with Crippen LogP contribution in [0.5, 0.6) is 0 Å². The van der Waals surface area contributed by atoms with Crippen LogP contribution in [-0.4, -0.2) is 34.8 Å². The molecule has 0 aliphatic heterocycles. The Bertz CT molecular complexity index is 398. The van der Waals surface area contributed by atoms with Crippen LogP contribution >= 0.6 is 0 Å². The van der Waals surface area contributed by atoms with Crippen LogP contribution in [0, 0.1) is 5.41 Å². The van der Waals surface area contributed by atoms with E-state index >= 15 is 0 Å². The molecule has 4 nitrogen and oxygen atoms in total. The molecule has 0 saturated heterocycles. The molecule has 1 N–H and O–H groups in total. The van der Waals surface area contributed by atoms with Gasteiger partial charge in [-0.1, -0.05) is 12.8 Å². The summed E-state index contributed by atoms with van der Waals surface area (Å²) in [5, 5.41) is 3.79. The second-order valence-corrected chi connectivity index (χ2v) is 6.28. The van der Waals surface area contributed by atoms with Gasteiger partial charge in [-0.3, -0.25) is 0 Å². The maximum atomic E-state index is 5.96. The van der Waals surface area contributed by atoms with Crippen LogP contribution in [0.3, 0.4) is 0 Å². The molecule has 20 heavy (non-hydrogen) atoms. The number of ether oxygens (including phenoxy) is 1. The number of rotatable bonds is 7. The molecule has 1 heterocycles. The molecular weight excluding hydrogens is 250 g/mol. The van der Waals surface area contributed by atoms with Crippen LogP contribution < -0.4 is 5.32 Å². The average molecular weight is 277 g/mol. The van der Waals surface area contributed by atoms with E-state index in [0.29, 0.717) is 17.6 Å². The molecule has 112 valence electrons. The van der Waals surface area contributed by atoms with Gasteiger partial charge in [0, 0.05) is 37.0 Å². The van der Waals surface area contributed by atoms with Crippen molar-refractivity contribution in [2.75, 3.05) is 13.2 Å². The first-order valence-electron chi connectivity index (χ1n) is 8.16. The maximum absolute atomic E-state index is 5.96. The molecule has 2 aliphatic rings. The summed E-state index contributed by atoms with van der Waals surface area (Å²) in [6, 6.07) is 0.685. The van der Waals surface area contributed by atoms with E-state index < -0.39 is 0 Å². The van der Waals surface area contributed by atoms with E-state index in [1.165, 1.54) is 38.5 Å². The van der Waals surface area contributed by atoms with Crippen molar-refractivity contribution in [1.29, 1.82) is 0 Å². The van der Waals surface area contributed by atoms with Gasteiger partial charge in [-0.05, 0) is 39.2 Å². The number of imidazole rings is 1. The Morgan fingerprint density at radius 2 is 2.25 bits per heavy atom. The Kier molecular flexibility index (Phi) is 4.41. The molecular formula is C16H27N3O. The van der Waals surface area contributed by atoms with E-state index in [-0.39, 0.29) is 0 Å². The quantitative estimate of drug-likeness (QED) is 0.779. The average Bonchev–Trinajstić information content (AvgIpc) is 3.12. The summed E-state index contributed by atoms with van der Waals surface area (Å²) in [4.78, 5) is 4.08. The minimum absolute atomic E-state index is 0.463. The highest BCUT2D eigenvalue weighted by Gasteiger charge is 2.56. The van der Waals surface area contributed by atoms with Crippen molar-refractivity contribution in [2.24, 2.45) is 5.41 Å². The lowest BCUT2D eigenvalue weighted by molar-refractivity contribution is -0.130. The standard InChI is InChI=1S/C16H27N3O/c1-2-20-15-12-14(16(15)6-3-4-7-16)18-8-5-10-19-11-9-17-13-19/h9,11,13-15,18H,2-8,10,12H2,1H3. The molecule has 3 rings (SSSR count). The summed E-state index contributed by atoms with van der Waals surface area (Å²) < 4.78 is 8.11. The molecule has 0 aromatic carbocycles. The Balaban J connectivity index is 1.43. The zero-order valence-corrected chi connectivity index (χ0v) is 12.6. The minimum Gasteiger partial charge on any atom is -0.378 e. The summed E-state index contributed by atoms with van der Waals surface area (Å²) in [5.41, 5.74) is 0.463. The number of nitrogens with zero attached hydrogens (tertiary/aromatic N) is 2. The number of hydrogen-bond donors (Lipinski definition) is 1. The van der Waals surface area contributed by atoms with E-state index in [1.807, 2.05) is 18.7 Å². The van der Waals surface area contributed by atoms with E-state index in [9.17, 15) is 0 Å². The van der Waals surface area contributed by atoms with Crippen molar-refractivity contribution in [3.05, 3.63) is 18.7 Å². The predicted octanol–water partition coefficient (Wildman–Crippen LogP) is 2.60. The van der Waals surface area contributed by atoms with Gasteiger partial charge in [-0.2, -0.15) is 0 Å². The lowest BCUT2D eigenvalue weighted by Gasteiger charge is -2.54. The fraction of sp³-hybridized carbons (Fsp3) is 0.812. The largest absolute Gasteiger partial charge is 0.378 e. The van der Waals surface area contributed by atoms with E-state index in [2.05, 4.69) is 21.8 Å². The lowest BCUT2D eigenvalue weighted by Crippen LogP contribution is -2.62. The van der Waals surface area contributed by atoms with Crippen molar-refractivity contribution < 1.29 is 4.74 Å². The van der Waals surface area contributed by atoms with E-state index in [0.717, 1.165) is 19.7 Å². The van der Waals surface area contributed by atoms with Gasteiger partial charge in [0.1, 0.15) is 0 Å². The number of aromatic nitrogens is 2. The SMILES string of the molecule is CCOC1CC(NCCCn2ccnc2)C12CCCC2. The third-order valence-corrected chi connectivity index (χ3v) is 5.23. The molecule has 0 amide bonds. The van der Waals surface area contributed by atoms with Crippen molar-refractivity contribution in [2.45, 2.75) is 64.1 Å². The maximum Gasteiger partial charge on any atom is 0.0945 e. The van der Waals surface area contributed by atoms with Gasteiger partial charge >= 0.3 is 0 Å². The second kappa shape index (κ2) is 6.27. The monoisotopic (exact) mass is 277 g/mol. The Morgan fingerprint density at radius 3 is 2.95 bits per heavy atom. The van der Waals surface area contributed by atoms with Crippen LogP contribution in [0.1, 0.15) is 45.4 Å². The predicted molar refractivity (Wildman–Crippen MR) is 79.6 cm³/mol. The molecule has 1 aromatic heterocycles. The normalized spacial score (nSPS) is 27.9. The first-order chi connectivity index (χ1) is 9.85. The third kappa shape index (κ3) is 2.63. The van der Waals surface area contributed by atoms with Gasteiger partial charge in [-0.25, -0.2) is 4.98 Å². The van der Waals surface area contributed by atoms with Crippen LogP contribution in [-0.2, 0) is 11.3 Å². The zero-order valence-electron chi connectivity index (χ0n) is 12.6. The number of nitrogens with one attached hydrogen (secondary N) is 1. The molecule has 2 atom stereocenters. The number of hydrogen-bond acceptors (Lipinski definition) is 3. The van der Waals surface area contributed by atoms with Gasteiger partial charge < -0.3 is 14.6 Å². The molecule has 2 aliphatic carbocycles. The molecule has 2 unspecified atom stereocenters. The Hall–Kier alpha value is -0.870. The van der Waals surface area contributed by atoms with Gasteiger partial charge in [-0.15, -0.1) is 0 Å². The summed E-state index contributed by atoms with van der Waals surface area (Å²) in [5.74, 6) is 0. The topological polar surface area (TPSA) is 39.1 Å². The minimum atomic E-state index is 0.463. The molecule has 0 bridgehead atoms. The van der Waals surface area contributed by atoms with Gasteiger partial charge in [0.2, 0.25) is 0 Å². The first-order valence-corrected chi connectivity index (χ1v) is 8.16. The molecule has 2 saturated carbocycles. The molecule has 2 fully saturated rings. The molecule has 4 heteroatoms. The Labute approximate surface area is 121 Å². The van der Waals surface area contributed by atoms with Crippen LogP contribution in [0.4, 0.5) is 0 Å².